The topological polar surface area (TPSA) is 9.23 Å². The number of ether oxygens (including phenoxy) is 1. The Morgan fingerprint density at radius 1 is 1.21 bits per heavy atom. The van der Waals surface area contributed by atoms with Crippen molar-refractivity contribution in [2.45, 2.75) is 32.8 Å². The first-order valence-corrected chi connectivity index (χ1v) is 5.12. The molecule has 0 atom stereocenters. The van der Waals surface area contributed by atoms with E-state index >= 15 is 0 Å². The summed E-state index contributed by atoms with van der Waals surface area (Å²) in [6, 6.07) is 8.25. The lowest BCUT2D eigenvalue weighted by Crippen LogP contribution is -2.28. The second-order valence-electron chi connectivity index (χ2n) is 4.22. The highest BCUT2D eigenvalue weighted by molar-refractivity contribution is 5.73. The van der Waals surface area contributed by atoms with Crippen molar-refractivity contribution in [1.29, 1.82) is 0 Å². The molecule has 0 aliphatic carbocycles. The fourth-order valence-corrected chi connectivity index (χ4v) is 1.92. The summed E-state index contributed by atoms with van der Waals surface area (Å²) >= 11 is 0. The molecule has 14 heavy (non-hydrogen) atoms. The molecule has 1 aromatic rings. The minimum atomic E-state index is -0.167. The van der Waals surface area contributed by atoms with Crippen LogP contribution in [0, 0.1) is 0 Å². The Morgan fingerprint density at radius 3 is 2.64 bits per heavy atom. The van der Waals surface area contributed by atoms with Gasteiger partial charge in [0.15, 0.2) is 0 Å². The van der Waals surface area contributed by atoms with Crippen LogP contribution in [0.15, 0.2) is 30.3 Å². The Morgan fingerprint density at radius 2 is 1.93 bits per heavy atom. The molecule has 1 aromatic carbocycles. The molecule has 74 valence electrons. The summed E-state index contributed by atoms with van der Waals surface area (Å²) in [5.41, 5.74) is 2.46. The smallest absolute Gasteiger partial charge is 0.128 e. The normalized spacial score (nSPS) is 18.1. The predicted octanol–water partition coefficient (Wildman–Crippen LogP) is 3.65. The molecule has 1 aliphatic heterocycles. The molecule has 0 saturated carbocycles. The Bertz CT molecular complexity index is 375. The third-order valence-electron chi connectivity index (χ3n) is 2.51. The average molecular weight is 188 g/mol. The van der Waals surface area contributed by atoms with Gasteiger partial charge in [-0.2, -0.15) is 0 Å². The zero-order valence-electron chi connectivity index (χ0n) is 9.00. The third kappa shape index (κ3) is 1.54. The van der Waals surface area contributed by atoms with Crippen molar-refractivity contribution < 1.29 is 4.74 Å². The highest BCUT2D eigenvalue weighted by atomic mass is 16.5. The Kier molecular flexibility index (Phi) is 2.10. The lowest BCUT2D eigenvalue weighted by molar-refractivity contribution is 0.158. The third-order valence-corrected chi connectivity index (χ3v) is 2.51. The lowest BCUT2D eigenvalue weighted by Gasteiger charge is -2.30. The highest BCUT2D eigenvalue weighted by Gasteiger charge is 2.24. The molecule has 0 fully saturated rings. The standard InChI is InChI=1S/C13H16O/c1-4-10-9-13(2,3)14-12-8-6-5-7-11(10)12/h5-9H,4H2,1-3H3. The van der Waals surface area contributed by atoms with Gasteiger partial charge in [0.2, 0.25) is 0 Å². The van der Waals surface area contributed by atoms with Gasteiger partial charge in [0, 0.05) is 5.56 Å². The number of hydrogen-bond acceptors (Lipinski definition) is 1. The van der Waals surface area contributed by atoms with Gasteiger partial charge >= 0.3 is 0 Å². The molecule has 2 rings (SSSR count). The van der Waals surface area contributed by atoms with E-state index in [0.29, 0.717) is 0 Å². The van der Waals surface area contributed by atoms with E-state index in [4.69, 9.17) is 4.74 Å². The van der Waals surface area contributed by atoms with E-state index in [0.717, 1.165) is 12.2 Å². The van der Waals surface area contributed by atoms with Gasteiger partial charge in [-0.15, -0.1) is 0 Å². The Hall–Kier alpha value is -1.24. The monoisotopic (exact) mass is 188 g/mol. The van der Waals surface area contributed by atoms with E-state index < -0.39 is 0 Å². The molecular weight excluding hydrogens is 172 g/mol. The van der Waals surface area contributed by atoms with Crippen molar-refractivity contribution in [1.82, 2.24) is 0 Å². The number of allylic oxidation sites excluding steroid dienone is 1. The van der Waals surface area contributed by atoms with E-state index in [-0.39, 0.29) is 5.60 Å². The van der Waals surface area contributed by atoms with E-state index in [9.17, 15) is 0 Å². The van der Waals surface area contributed by atoms with Crippen LogP contribution in [0.1, 0.15) is 32.8 Å². The number of para-hydroxylation sites is 1. The summed E-state index contributed by atoms with van der Waals surface area (Å²) in [7, 11) is 0. The SMILES string of the molecule is CCC1=CC(C)(C)Oc2ccccc21. The maximum atomic E-state index is 5.87. The van der Waals surface area contributed by atoms with E-state index in [1.807, 2.05) is 12.1 Å². The number of fused-ring (bicyclic) bond motifs is 1. The first-order chi connectivity index (χ1) is 6.62. The van der Waals surface area contributed by atoms with Crippen molar-refractivity contribution in [2.24, 2.45) is 0 Å². The molecule has 0 N–H and O–H groups in total. The van der Waals surface area contributed by atoms with Gasteiger partial charge in [-0.1, -0.05) is 25.1 Å². The minimum Gasteiger partial charge on any atom is -0.483 e. The quantitative estimate of drug-likeness (QED) is 0.653. The molecule has 0 aromatic heterocycles. The number of hydrogen-bond donors (Lipinski definition) is 0. The Balaban J connectivity index is 2.53. The summed E-state index contributed by atoms with van der Waals surface area (Å²) in [5, 5.41) is 0. The van der Waals surface area contributed by atoms with Crippen LogP contribution in [-0.4, -0.2) is 5.60 Å². The van der Waals surface area contributed by atoms with Crippen molar-refractivity contribution in [3.63, 3.8) is 0 Å². The molecule has 1 heterocycles. The first-order valence-electron chi connectivity index (χ1n) is 5.12. The minimum absolute atomic E-state index is 0.167. The van der Waals surface area contributed by atoms with Crippen LogP contribution in [0.25, 0.3) is 5.57 Å². The van der Waals surface area contributed by atoms with Crippen LogP contribution in [0.3, 0.4) is 0 Å². The zero-order valence-corrected chi connectivity index (χ0v) is 9.00. The number of benzene rings is 1. The number of rotatable bonds is 1. The Labute approximate surface area is 85.4 Å². The van der Waals surface area contributed by atoms with Crippen LogP contribution in [-0.2, 0) is 0 Å². The van der Waals surface area contributed by atoms with Gasteiger partial charge in [-0.25, -0.2) is 0 Å². The largest absolute Gasteiger partial charge is 0.483 e. The van der Waals surface area contributed by atoms with Crippen molar-refractivity contribution in [3.8, 4) is 5.75 Å². The summed E-state index contributed by atoms with van der Waals surface area (Å²) in [4.78, 5) is 0. The van der Waals surface area contributed by atoms with Crippen LogP contribution in [0.4, 0.5) is 0 Å². The highest BCUT2D eigenvalue weighted by Crippen LogP contribution is 2.36. The zero-order chi connectivity index (χ0) is 10.2. The predicted molar refractivity (Wildman–Crippen MR) is 59.4 cm³/mol. The van der Waals surface area contributed by atoms with Gasteiger partial charge in [0.1, 0.15) is 11.4 Å². The van der Waals surface area contributed by atoms with Crippen molar-refractivity contribution >= 4 is 5.57 Å². The van der Waals surface area contributed by atoms with Crippen molar-refractivity contribution in [2.75, 3.05) is 0 Å². The lowest BCUT2D eigenvalue weighted by atomic mass is 9.93. The molecule has 0 unspecified atom stereocenters. The van der Waals surface area contributed by atoms with Gasteiger partial charge in [0.25, 0.3) is 0 Å². The van der Waals surface area contributed by atoms with E-state index in [2.05, 4.69) is 39.0 Å². The first kappa shape index (κ1) is 9.32. The fraction of sp³-hybridized carbons (Fsp3) is 0.385. The van der Waals surface area contributed by atoms with Crippen LogP contribution < -0.4 is 4.74 Å². The second kappa shape index (κ2) is 3.16. The molecule has 1 nitrogen and oxygen atoms in total. The molecule has 0 amide bonds. The molecule has 0 bridgehead atoms. The van der Waals surface area contributed by atoms with E-state index in [1.165, 1.54) is 11.1 Å². The molecule has 0 radical (unpaired) electrons. The molecule has 0 saturated heterocycles. The maximum absolute atomic E-state index is 5.87. The molecule has 0 spiro atoms. The maximum Gasteiger partial charge on any atom is 0.128 e. The molecule has 1 aliphatic rings. The van der Waals surface area contributed by atoms with Gasteiger partial charge in [0.05, 0.1) is 0 Å². The molecule has 1 heteroatoms. The van der Waals surface area contributed by atoms with Crippen molar-refractivity contribution in [3.05, 3.63) is 35.9 Å². The average Bonchev–Trinajstić information content (AvgIpc) is 2.15. The second-order valence-corrected chi connectivity index (χ2v) is 4.22. The van der Waals surface area contributed by atoms with Gasteiger partial charge in [-0.05, 0) is 38.0 Å². The van der Waals surface area contributed by atoms with Gasteiger partial charge < -0.3 is 4.74 Å². The summed E-state index contributed by atoms with van der Waals surface area (Å²) in [6.45, 7) is 6.38. The van der Waals surface area contributed by atoms with Crippen LogP contribution >= 0.6 is 0 Å². The van der Waals surface area contributed by atoms with Gasteiger partial charge in [-0.3, -0.25) is 0 Å². The summed E-state index contributed by atoms with van der Waals surface area (Å²) in [6.07, 6.45) is 3.28. The fourth-order valence-electron chi connectivity index (χ4n) is 1.92. The molecular formula is C13H16O. The van der Waals surface area contributed by atoms with E-state index in [1.54, 1.807) is 0 Å². The summed E-state index contributed by atoms with van der Waals surface area (Å²) < 4.78 is 5.87. The van der Waals surface area contributed by atoms with Crippen LogP contribution in [0.2, 0.25) is 0 Å². The summed E-state index contributed by atoms with van der Waals surface area (Å²) in [5.74, 6) is 1.01. The van der Waals surface area contributed by atoms with Crippen LogP contribution in [0.5, 0.6) is 5.75 Å².